The van der Waals surface area contributed by atoms with Gasteiger partial charge in [0.25, 0.3) is 5.91 Å². The zero-order chi connectivity index (χ0) is 14.7. The van der Waals surface area contributed by atoms with Crippen molar-refractivity contribution in [3.8, 4) is 0 Å². The molecule has 2 N–H and O–H groups in total. The van der Waals surface area contributed by atoms with Crippen LogP contribution in [-0.4, -0.2) is 11.8 Å². The van der Waals surface area contributed by atoms with Crippen LogP contribution in [0.4, 0.5) is 11.4 Å². The van der Waals surface area contributed by atoms with Gasteiger partial charge >= 0.3 is 0 Å². The summed E-state index contributed by atoms with van der Waals surface area (Å²) in [5.74, 6) is -0.346. The number of hydrogen-bond donors (Lipinski definition) is 2. The third kappa shape index (κ3) is 3.91. The first-order valence-corrected chi connectivity index (χ1v) is 8.00. The van der Waals surface area contributed by atoms with Crippen molar-refractivity contribution in [2.45, 2.75) is 6.92 Å². The Hall–Kier alpha value is -1.18. The summed E-state index contributed by atoms with van der Waals surface area (Å²) in [7, 11) is 0. The quantitative estimate of drug-likeness (QED) is 0.773. The van der Waals surface area contributed by atoms with E-state index in [1.165, 1.54) is 18.3 Å². The van der Waals surface area contributed by atoms with Gasteiger partial charge in [-0.15, -0.1) is 11.3 Å². The Kier molecular flexibility index (Phi) is 4.95. The first-order valence-electron chi connectivity index (χ1n) is 5.59. The van der Waals surface area contributed by atoms with Crippen molar-refractivity contribution in [1.29, 1.82) is 0 Å². The molecule has 0 radical (unpaired) electrons. The van der Waals surface area contributed by atoms with Gasteiger partial charge in [0.15, 0.2) is 0 Å². The van der Waals surface area contributed by atoms with E-state index >= 15 is 0 Å². The Balaban J connectivity index is 2.13. The van der Waals surface area contributed by atoms with Gasteiger partial charge in [-0.2, -0.15) is 0 Å². The maximum atomic E-state index is 12.1. The van der Waals surface area contributed by atoms with E-state index in [1.54, 1.807) is 30.3 Å². The average Bonchev–Trinajstić information content (AvgIpc) is 2.69. The Labute approximate surface area is 136 Å². The molecule has 0 fully saturated rings. The number of halogens is 2. The van der Waals surface area contributed by atoms with Gasteiger partial charge in [-0.3, -0.25) is 9.59 Å². The Morgan fingerprint density at radius 2 is 1.75 bits per heavy atom. The van der Waals surface area contributed by atoms with Gasteiger partial charge in [-0.1, -0.05) is 6.07 Å². The highest BCUT2D eigenvalue weighted by Gasteiger charge is 2.12. The summed E-state index contributed by atoms with van der Waals surface area (Å²) in [5, 5.41) is 5.46. The number of amides is 2. The zero-order valence-electron chi connectivity index (χ0n) is 10.4. The molecule has 0 saturated heterocycles. The van der Waals surface area contributed by atoms with Gasteiger partial charge in [-0.05, 0) is 56.1 Å². The maximum Gasteiger partial charge on any atom is 0.265 e. The minimum atomic E-state index is -0.193. The van der Waals surface area contributed by atoms with Crippen LogP contribution in [0.15, 0.2) is 38.6 Å². The fourth-order valence-electron chi connectivity index (χ4n) is 1.53. The summed E-state index contributed by atoms with van der Waals surface area (Å²) >= 11 is 8.04. The molecule has 1 aromatic carbocycles. The van der Waals surface area contributed by atoms with Crippen LogP contribution in [0.25, 0.3) is 0 Å². The summed E-state index contributed by atoms with van der Waals surface area (Å²) in [4.78, 5) is 23.7. The number of hydrogen-bond acceptors (Lipinski definition) is 3. The molecular weight excluding hydrogens is 408 g/mol. The molecule has 2 rings (SSSR count). The summed E-state index contributed by atoms with van der Waals surface area (Å²) in [6.07, 6.45) is 0. The Morgan fingerprint density at radius 3 is 2.30 bits per heavy atom. The number of rotatable bonds is 3. The lowest BCUT2D eigenvalue weighted by Crippen LogP contribution is -2.11. The van der Waals surface area contributed by atoms with Gasteiger partial charge in [0.2, 0.25) is 5.91 Å². The summed E-state index contributed by atoms with van der Waals surface area (Å²) in [6.45, 7) is 1.44. The molecule has 0 bridgehead atoms. The van der Waals surface area contributed by atoms with Crippen LogP contribution in [0.5, 0.6) is 0 Å². The minimum absolute atomic E-state index is 0.153. The predicted molar refractivity (Wildman–Crippen MR) is 88.4 cm³/mol. The normalized spacial score (nSPS) is 10.2. The highest BCUT2D eigenvalue weighted by Crippen LogP contribution is 2.32. The second-order valence-electron chi connectivity index (χ2n) is 3.95. The van der Waals surface area contributed by atoms with E-state index in [-0.39, 0.29) is 11.8 Å². The van der Waals surface area contributed by atoms with E-state index in [0.29, 0.717) is 16.3 Å². The van der Waals surface area contributed by atoms with E-state index in [2.05, 4.69) is 42.5 Å². The average molecular weight is 418 g/mol. The van der Waals surface area contributed by atoms with Crippen molar-refractivity contribution in [2.75, 3.05) is 10.6 Å². The van der Waals surface area contributed by atoms with Crippen LogP contribution in [-0.2, 0) is 4.79 Å². The van der Waals surface area contributed by atoms with Gasteiger partial charge < -0.3 is 10.6 Å². The third-order valence-electron chi connectivity index (χ3n) is 2.31. The number of nitrogens with one attached hydrogen (secondary N) is 2. The van der Waals surface area contributed by atoms with Gasteiger partial charge in [0.05, 0.1) is 8.66 Å². The van der Waals surface area contributed by atoms with Crippen molar-refractivity contribution in [3.63, 3.8) is 0 Å². The molecule has 0 atom stereocenters. The molecule has 0 aliphatic rings. The topological polar surface area (TPSA) is 58.2 Å². The van der Waals surface area contributed by atoms with Gasteiger partial charge in [0.1, 0.15) is 0 Å². The van der Waals surface area contributed by atoms with Crippen molar-refractivity contribution in [1.82, 2.24) is 0 Å². The fraction of sp³-hybridized carbons (Fsp3) is 0.0769. The SMILES string of the molecule is CC(=O)Nc1cccc(NC(=O)c2cc(Br)c(Br)s2)c1. The van der Waals surface area contributed by atoms with Crippen molar-refractivity contribution < 1.29 is 9.59 Å². The minimum Gasteiger partial charge on any atom is -0.326 e. The number of benzene rings is 1. The molecule has 0 aliphatic heterocycles. The first kappa shape index (κ1) is 15.2. The van der Waals surface area contributed by atoms with E-state index in [1.807, 2.05) is 0 Å². The van der Waals surface area contributed by atoms with Gasteiger partial charge in [-0.25, -0.2) is 0 Å². The summed E-state index contributed by atoms with van der Waals surface area (Å²) < 4.78 is 1.72. The Morgan fingerprint density at radius 1 is 1.10 bits per heavy atom. The molecular formula is C13H10Br2N2O2S. The molecule has 2 aromatic rings. The number of carbonyl (C=O) groups excluding carboxylic acids is 2. The van der Waals surface area contributed by atoms with E-state index < -0.39 is 0 Å². The first-order chi connectivity index (χ1) is 9.45. The third-order valence-corrected chi connectivity index (χ3v) is 5.56. The molecule has 20 heavy (non-hydrogen) atoms. The maximum absolute atomic E-state index is 12.1. The lowest BCUT2D eigenvalue weighted by atomic mass is 10.2. The smallest absolute Gasteiger partial charge is 0.265 e. The lowest BCUT2D eigenvalue weighted by Gasteiger charge is -2.06. The van der Waals surface area contributed by atoms with Gasteiger partial charge in [0, 0.05) is 22.8 Å². The molecule has 2 amide bonds. The monoisotopic (exact) mass is 416 g/mol. The van der Waals surface area contributed by atoms with E-state index in [9.17, 15) is 9.59 Å². The summed E-state index contributed by atoms with van der Waals surface area (Å²) in [5.41, 5.74) is 1.27. The molecule has 1 aromatic heterocycles. The van der Waals surface area contributed by atoms with Crippen LogP contribution in [0.1, 0.15) is 16.6 Å². The van der Waals surface area contributed by atoms with Crippen LogP contribution in [0, 0.1) is 0 Å². The molecule has 0 saturated carbocycles. The van der Waals surface area contributed by atoms with E-state index in [0.717, 1.165) is 8.26 Å². The van der Waals surface area contributed by atoms with Crippen LogP contribution in [0.2, 0.25) is 0 Å². The predicted octanol–water partition coefficient (Wildman–Crippen LogP) is 4.48. The van der Waals surface area contributed by atoms with Crippen LogP contribution in [0.3, 0.4) is 0 Å². The lowest BCUT2D eigenvalue weighted by molar-refractivity contribution is -0.114. The van der Waals surface area contributed by atoms with Crippen molar-refractivity contribution >= 4 is 66.4 Å². The number of anilines is 2. The second kappa shape index (κ2) is 6.51. The molecule has 0 aliphatic carbocycles. The van der Waals surface area contributed by atoms with Crippen molar-refractivity contribution in [3.05, 3.63) is 43.5 Å². The highest BCUT2D eigenvalue weighted by atomic mass is 79.9. The molecule has 0 spiro atoms. The largest absolute Gasteiger partial charge is 0.326 e. The second-order valence-corrected chi connectivity index (χ2v) is 7.17. The molecule has 0 unspecified atom stereocenters. The Bertz CT molecular complexity index is 651. The van der Waals surface area contributed by atoms with E-state index in [4.69, 9.17) is 0 Å². The number of thiophene rings is 1. The number of carbonyl (C=O) groups is 2. The zero-order valence-corrected chi connectivity index (χ0v) is 14.4. The molecule has 1 heterocycles. The molecule has 104 valence electrons. The van der Waals surface area contributed by atoms with Crippen LogP contribution >= 0.6 is 43.2 Å². The fourth-order valence-corrected chi connectivity index (χ4v) is 3.46. The van der Waals surface area contributed by atoms with Crippen LogP contribution < -0.4 is 10.6 Å². The molecule has 4 nitrogen and oxygen atoms in total. The standard InChI is InChI=1S/C13H10Br2N2O2S/c1-7(18)16-8-3-2-4-9(5-8)17-13(19)11-6-10(14)12(15)20-11/h2-6H,1H3,(H,16,18)(H,17,19). The van der Waals surface area contributed by atoms with Crippen molar-refractivity contribution in [2.24, 2.45) is 0 Å². The summed E-state index contributed by atoms with van der Waals surface area (Å²) in [6, 6.07) is 8.75. The molecule has 7 heteroatoms. The highest BCUT2D eigenvalue weighted by molar-refractivity contribution is 9.13.